The van der Waals surface area contributed by atoms with E-state index in [1.807, 2.05) is 24.5 Å². The Morgan fingerprint density at radius 2 is 2.03 bits per heavy atom. The first-order valence-corrected chi connectivity index (χ1v) is 12.1. The summed E-state index contributed by atoms with van der Waals surface area (Å²) < 4.78 is 11.6. The van der Waals surface area contributed by atoms with Crippen LogP contribution in [0.5, 0.6) is 0 Å². The van der Waals surface area contributed by atoms with Gasteiger partial charge in [-0.05, 0) is 23.4 Å². The summed E-state index contributed by atoms with van der Waals surface area (Å²) >= 11 is 1.83. The molecule has 2 aliphatic rings. The van der Waals surface area contributed by atoms with Gasteiger partial charge in [-0.3, -0.25) is 9.89 Å². The van der Waals surface area contributed by atoms with Crippen molar-refractivity contribution in [2.75, 3.05) is 59.6 Å². The number of aliphatic imine (C=N–C) groups is 1. The van der Waals surface area contributed by atoms with Gasteiger partial charge in [-0.1, -0.05) is 36.4 Å². The van der Waals surface area contributed by atoms with Crippen molar-refractivity contribution >= 4 is 17.3 Å². The number of likely N-dealkylation sites (tertiary alicyclic amines) is 1. The number of nitrogens with one attached hydrogen (secondary N) is 1. The SMILES string of the molecule is CN=C(NCC(c1cccs1)N1CCOCC1)N1CCC(COCc2ccccc2)C1. The zero-order valence-corrected chi connectivity index (χ0v) is 19.2. The molecule has 0 saturated carbocycles. The molecule has 1 aromatic carbocycles. The van der Waals surface area contributed by atoms with E-state index >= 15 is 0 Å². The summed E-state index contributed by atoms with van der Waals surface area (Å²) in [4.78, 5) is 10.9. The predicted octanol–water partition coefficient (Wildman–Crippen LogP) is 3.24. The van der Waals surface area contributed by atoms with Crippen LogP contribution in [-0.2, 0) is 16.1 Å². The minimum atomic E-state index is 0.355. The first kappa shape index (κ1) is 22.3. The zero-order chi connectivity index (χ0) is 21.3. The molecule has 2 aliphatic heterocycles. The lowest BCUT2D eigenvalue weighted by molar-refractivity contribution is 0.0176. The number of benzene rings is 1. The molecule has 0 aliphatic carbocycles. The average molecular weight is 443 g/mol. The van der Waals surface area contributed by atoms with Crippen molar-refractivity contribution in [1.82, 2.24) is 15.1 Å². The minimum Gasteiger partial charge on any atom is -0.379 e. The van der Waals surface area contributed by atoms with Gasteiger partial charge >= 0.3 is 0 Å². The van der Waals surface area contributed by atoms with Gasteiger partial charge in [-0.2, -0.15) is 0 Å². The smallest absolute Gasteiger partial charge is 0.193 e. The van der Waals surface area contributed by atoms with E-state index in [4.69, 9.17) is 9.47 Å². The van der Waals surface area contributed by atoms with Gasteiger partial charge in [0.2, 0.25) is 0 Å². The highest BCUT2D eigenvalue weighted by Gasteiger charge is 2.27. The molecule has 2 unspecified atom stereocenters. The molecule has 0 amide bonds. The maximum absolute atomic E-state index is 5.99. The average Bonchev–Trinajstić information content (AvgIpc) is 3.51. The molecule has 2 saturated heterocycles. The predicted molar refractivity (Wildman–Crippen MR) is 127 cm³/mol. The minimum absolute atomic E-state index is 0.355. The van der Waals surface area contributed by atoms with Crippen molar-refractivity contribution in [3.63, 3.8) is 0 Å². The quantitative estimate of drug-likeness (QED) is 0.502. The van der Waals surface area contributed by atoms with Crippen molar-refractivity contribution in [3.05, 3.63) is 58.3 Å². The van der Waals surface area contributed by atoms with Crippen LogP contribution in [0, 0.1) is 5.92 Å². The maximum Gasteiger partial charge on any atom is 0.193 e. The lowest BCUT2D eigenvalue weighted by Crippen LogP contribution is -2.47. The monoisotopic (exact) mass is 442 g/mol. The summed E-state index contributed by atoms with van der Waals surface area (Å²) in [7, 11) is 1.89. The summed E-state index contributed by atoms with van der Waals surface area (Å²) in [6, 6.07) is 15.1. The Balaban J connectivity index is 1.26. The fourth-order valence-corrected chi connectivity index (χ4v) is 5.24. The molecule has 6 nitrogen and oxygen atoms in total. The third kappa shape index (κ3) is 6.29. The van der Waals surface area contributed by atoms with Crippen molar-refractivity contribution in [2.24, 2.45) is 10.9 Å². The zero-order valence-electron chi connectivity index (χ0n) is 18.4. The van der Waals surface area contributed by atoms with E-state index in [1.54, 1.807) is 0 Å². The molecule has 7 heteroatoms. The van der Waals surface area contributed by atoms with Gasteiger partial charge in [-0.15, -0.1) is 11.3 Å². The van der Waals surface area contributed by atoms with Gasteiger partial charge in [0.1, 0.15) is 0 Å². The molecule has 1 N–H and O–H groups in total. The van der Waals surface area contributed by atoms with Crippen LogP contribution in [0.4, 0.5) is 0 Å². The van der Waals surface area contributed by atoms with E-state index in [0.29, 0.717) is 18.6 Å². The third-order valence-corrected chi connectivity index (χ3v) is 7.05. The second-order valence-electron chi connectivity index (χ2n) is 8.21. The first-order chi connectivity index (χ1) is 15.3. The lowest BCUT2D eigenvalue weighted by Gasteiger charge is -2.35. The van der Waals surface area contributed by atoms with Crippen LogP contribution >= 0.6 is 11.3 Å². The van der Waals surface area contributed by atoms with Gasteiger partial charge in [0.05, 0.1) is 32.5 Å². The van der Waals surface area contributed by atoms with Gasteiger partial charge in [-0.25, -0.2) is 0 Å². The van der Waals surface area contributed by atoms with E-state index in [1.165, 1.54) is 10.4 Å². The van der Waals surface area contributed by atoms with E-state index in [9.17, 15) is 0 Å². The molecular weight excluding hydrogens is 408 g/mol. The number of morpholine rings is 1. The van der Waals surface area contributed by atoms with Crippen LogP contribution in [-0.4, -0.2) is 75.4 Å². The summed E-state index contributed by atoms with van der Waals surface area (Å²) in [5, 5.41) is 5.82. The van der Waals surface area contributed by atoms with E-state index in [2.05, 4.69) is 61.9 Å². The number of rotatable bonds is 8. The third-order valence-electron chi connectivity index (χ3n) is 6.07. The number of hydrogen-bond donors (Lipinski definition) is 1. The molecule has 3 heterocycles. The standard InChI is InChI=1S/C24H34N4O2S/c1-25-24(26-16-22(23-8-5-15-31-23)27-11-13-29-14-12-27)28-10-9-21(17-28)19-30-18-20-6-3-2-4-7-20/h2-8,15,21-22H,9-14,16-19H2,1H3,(H,25,26). The fourth-order valence-electron chi connectivity index (χ4n) is 4.38. The lowest BCUT2D eigenvalue weighted by atomic mass is 10.1. The Morgan fingerprint density at radius 1 is 1.19 bits per heavy atom. The second-order valence-corrected chi connectivity index (χ2v) is 9.19. The number of ether oxygens (including phenoxy) is 2. The Bertz CT molecular complexity index is 793. The van der Waals surface area contributed by atoms with Crippen molar-refractivity contribution < 1.29 is 9.47 Å². The molecule has 168 valence electrons. The highest BCUT2D eigenvalue weighted by atomic mass is 32.1. The summed E-state index contributed by atoms with van der Waals surface area (Å²) in [5.41, 5.74) is 1.23. The highest BCUT2D eigenvalue weighted by molar-refractivity contribution is 7.10. The van der Waals surface area contributed by atoms with Gasteiger partial charge < -0.3 is 19.7 Å². The van der Waals surface area contributed by atoms with Gasteiger partial charge in [0.15, 0.2) is 5.96 Å². The second kappa shape index (κ2) is 11.6. The Hall–Kier alpha value is -1.93. The van der Waals surface area contributed by atoms with Crippen LogP contribution in [0.1, 0.15) is 22.9 Å². The molecule has 4 rings (SSSR count). The van der Waals surface area contributed by atoms with Crippen molar-refractivity contribution in [3.8, 4) is 0 Å². The van der Waals surface area contributed by atoms with E-state index < -0.39 is 0 Å². The first-order valence-electron chi connectivity index (χ1n) is 11.3. The molecular formula is C24H34N4O2S. The van der Waals surface area contributed by atoms with E-state index in [0.717, 1.165) is 64.9 Å². The molecule has 2 aromatic rings. The maximum atomic E-state index is 5.99. The van der Waals surface area contributed by atoms with Crippen LogP contribution in [0.2, 0.25) is 0 Å². The Kier molecular flexibility index (Phi) is 8.35. The molecule has 0 radical (unpaired) electrons. The summed E-state index contributed by atoms with van der Waals surface area (Å²) in [5.74, 6) is 1.55. The normalized spacial score (nSPS) is 21.4. The van der Waals surface area contributed by atoms with E-state index in [-0.39, 0.29) is 0 Å². The molecule has 2 fully saturated rings. The molecule has 0 spiro atoms. The summed E-state index contributed by atoms with van der Waals surface area (Å²) in [6.45, 7) is 7.96. The summed E-state index contributed by atoms with van der Waals surface area (Å²) in [6.07, 6.45) is 1.15. The molecule has 2 atom stereocenters. The largest absolute Gasteiger partial charge is 0.379 e. The number of guanidine groups is 1. The topological polar surface area (TPSA) is 49.3 Å². The van der Waals surface area contributed by atoms with Crippen LogP contribution in [0.3, 0.4) is 0 Å². The molecule has 31 heavy (non-hydrogen) atoms. The van der Waals surface area contributed by atoms with Crippen LogP contribution in [0.15, 0.2) is 52.8 Å². The van der Waals surface area contributed by atoms with Crippen molar-refractivity contribution in [1.29, 1.82) is 0 Å². The van der Waals surface area contributed by atoms with Crippen molar-refractivity contribution in [2.45, 2.75) is 19.1 Å². The molecule has 0 bridgehead atoms. The Labute approximate surface area is 189 Å². The fraction of sp³-hybridized carbons (Fsp3) is 0.542. The Morgan fingerprint density at radius 3 is 2.77 bits per heavy atom. The number of nitrogens with zero attached hydrogens (tertiary/aromatic N) is 3. The number of hydrogen-bond acceptors (Lipinski definition) is 5. The molecule has 1 aromatic heterocycles. The van der Waals surface area contributed by atoms with Gasteiger partial charge in [0.25, 0.3) is 0 Å². The van der Waals surface area contributed by atoms with Crippen LogP contribution in [0.25, 0.3) is 0 Å². The number of thiophene rings is 1. The van der Waals surface area contributed by atoms with Gasteiger partial charge in [0, 0.05) is 50.6 Å². The van der Waals surface area contributed by atoms with Crippen LogP contribution < -0.4 is 5.32 Å². The highest BCUT2D eigenvalue weighted by Crippen LogP contribution is 2.26.